The average molecular weight is 229 g/mol. The Kier molecular flexibility index (Phi) is 12.0. The maximum absolute atomic E-state index is 10.3. The Labute approximate surface area is 96.3 Å². The molecule has 5 heteroatoms. The van der Waals surface area contributed by atoms with Crippen LogP contribution in [0.5, 0.6) is 0 Å². The van der Waals surface area contributed by atoms with Crippen LogP contribution >= 0.6 is 0 Å². The highest BCUT2D eigenvalue weighted by atomic mass is 16.5. The number of hydrogen-bond donors (Lipinski definition) is 0. The van der Waals surface area contributed by atoms with Crippen LogP contribution in [0.1, 0.15) is 6.92 Å². The molecule has 0 bridgehead atoms. The summed E-state index contributed by atoms with van der Waals surface area (Å²) in [4.78, 5) is 22.2. The smallest absolute Gasteiger partial charge is 0.331 e. The van der Waals surface area contributed by atoms with Crippen LogP contribution in [0.4, 0.5) is 0 Å². The summed E-state index contributed by atoms with van der Waals surface area (Å²) in [5, 5.41) is 0. The molecule has 0 aromatic carbocycles. The summed E-state index contributed by atoms with van der Waals surface area (Å²) in [6.45, 7) is 8.93. The van der Waals surface area contributed by atoms with Gasteiger partial charge in [-0.25, -0.2) is 9.59 Å². The number of carbonyl (C=O) groups excluding carboxylic acids is 2. The van der Waals surface area contributed by atoms with Crippen LogP contribution in [0.2, 0.25) is 0 Å². The van der Waals surface area contributed by atoms with E-state index in [1.54, 1.807) is 11.8 Å². The van der Waals surface area contributed by atoms with Gasteiger partial charge >= 0.3 is 11.9 Å². The average Bonchev–Trinajstić information content (AvgIpc) is 2.26. The lowest BCUT2D eigenvalue weighted by Crippen LogP contribution is -2.18. The summed E-state index contributed by atoms with van der Waals surface area (Å²) in [6.07, 6.45) is 2.28. The van der Waals surface area contributed by atoms with E-state index in [9.17, 15) is 9.59 Å². The van der Waals surface area contributed by atoms with Gasteiger partial charge in [0.05, 0.1) is 6.61 Å². The molecule has 16 heavy (non-hydrogen) atoms. The molecule has 0 N–H and O–H groups in total. The first kappa shape index (κ1) is 16.8. The highest BCUT2D eigenvalue weighted by molar-refractivity contribution is 5.81. The summed E-state index contributed by atoms with van der Waals surface area (Å²) in [5.41, 5.74) is 0. The molecule has 0 fully saturated rings. The fraction of sp³-hybridized carbons (Fsp3) is 0.455. The highest BCUT2D eigenvalue weighted by Crippen LogP contribution is 1.80. The summed E-state index contributed by atoms with van der Waals surface area (Å²) in [5.74, 6) is -0.744. The molecule has 0 amide bonds. The van der Waals surface area contributed by atoms with E-state index >= 15 is 0 Å². The SMILES string of the molecule is C=CC(=O)OCC.C=CC(=O)OCN(C)C. The first-order valence-corrected chi connectivity index (χ1v) is 4.71. The Balaban J connectivity index is 0. The van der Waals surface area contributed by atoms with Gasteiger partial charge in [0.25, 0.3) is 0 Å². The van der Waals surface area contributed by atoms with Crippen LogP contribution in [-0.2, 0) is 19.1 Å². The topological polar surface area (TPSA) is 55.8 Å². The van der Waals surface area contributed by atoms with E-state index < -0.39 is 0 Å². The summed E-state index contributed by atoms with van der Waals surface area (Å²) >= 11 is 0. The highest BCUT2D eigenvalue weighted by Gasteiger charge is 1.93. The number of carbonyl (C=O) groups is 2. The quantitative estimate of drug-likeness (QED) is 0.399. The molecule has 0 unspecified atom stereocenters. The van der Waals surface area contributed by atoms with Crippen LogP contribution in [0.3, 0.4) is 0 Å². The number of ether oxygens (including phenoxy) is 2. The second-order valence-electron chi connectivity index (χ2n) is 2.83. The minimum absolute atomic E-state index is 0.310. The van der Waals surface area contributed by atoms with Crippen LogP contribution in [-0.4, -0.2) is 44.3 Å². The second-order valence-corrected chi connectivity index (χ2v) is 2.83. The predicted octanol–water partition coefficient (Wildman–Crippen LogP) is 0.970. The van der Waals surface area contributed by atoms with Crippen LogP contribution in [0.25, 0.3) is 0 Å². The zero-order chi connectivity index (χ0) is 13.0. The summed E-state index contributed by atoms with van der Waals surface area (Å²) < 4.78 is 9.06. The fourth-order valence-electron chi connectivity index (χ4n) is 0.453. The molecule has 0 aliphatic heterocycles. The molecule has 0 aromatic rings. The van der Waals surface area contributed by atoms with E-state index in [2.05, 4.69) is 22.6 Å². The largest absolute Gasteiger partial charge is 0.463 e. The van der Waals surface area contributed by atoms with Crippen LogP contribution in [0, 0.1) is 0 Å². The van der Waals surface area contributed by atoms with Crippen molar-refractivity contribution in [3.63, 3.8) is 0 Å². The van der Waals surface area contributed by atoms with Crippen LogP contribution < -0.4 is 0 Å². The first-order valence-electron chi connectivity index (χ1n) is 4.71. The molecule has 0 saturated heterocycles. The molecule has 0 aliphatic rings. The zero-order valence-electron chi connectivity index (χ0n) is 10.1. The van der Waals surface area contributed by atoms with Crippen molar-refractivity contribution in [1.29, 1.82) is 0 Å². The molecular formula is C11H19NO4. The Morgan fingerprint density at radius 1 is 1.12 bits per heavy atom. The number of nitrogens with zero attached hydrogens (tertiary/aromatic N) is 1. The van der Waals surface area contributed by atoms with Gasteiger partial charge in [0.1, 0.15) is 6.73 Å². The van der Waals surface area contributed by atoms with Crippen molar-refractivity contribution >= 4 is 11.9 Å². The van der Waals surface area contributed by atoms with E-state index in [0.29, 0.717) is 13.3 Å². The van der Waals surface area contributed by atoms with Crippen molar-refractivity contribution in [2.75, 3.05) is 27.4 Å². The van der Waals surface area contributed by atoms with E-state index in [-0.39, 0.29) is 11.9 Å². The van der Waals surface area contributed by atoms with E-state index in [0.717, 1.165) is 12.2 Å². The first-order chi connectivity index (χ1) is 7.47. The molecule has 0 saturated carbocycles. The van der Waals surface area contributed by atoms with Gasteiger partial charge in [-0.1, -0.05) is 13.2 Å². The van der Waals surface area contributed by atoms with Crippen LogP contribution in [0.15, 0.2) is 25.3 Å². The normalized spacial score (nSPS) is 8.50. The number of hydrogen-bond acceptors (Lipinski definition) is 5. The second kappa shape index (κ2) is 11.5. The third kappa shape index (κ3) is 14.9. The fourth-order valence-corrected chi connectivity index (χ4v) is 0.453. The summed E-state index contributed by atoms with van der Waals surface area (Å²) in [6, 6.07) is 0. The van der Waals surface area contributed by atoms with Gasteiger partial charge in [-0.3, -0.25) is 4.90 Å². The number of esters is 2. The molecule has 0 spiro atoms. The van der Waals surface area contributed by atoms with Crippen molar-refractivity contribution in [2.45, 2.75) is 6.92 Å². The third-order valence-corrected chi connectivity index (χ3v) is 1.08. The van der Waals surface area contributed by atoms with Gasteiger partial charge in [0.2, 0.25) is 0 Å². The van der Waals surface area contributed by atoms with Crippen molar-refractivity contribution in [3.8, 4) is 0 Å². The van der Waals surface area contributed by atoms with Gasteiger partial charge < -0.3 is 9.47 Å². The minimum Gasteiger partial charge on any atom is -0.463 e. The minimum atomic E-state index is -0.385. The van der Waals surface area contributed by atoms with Gasteiger partial charge in [0.15, 0.2) is 0 Å². The third-order valence-electron chi connectivity index (χ3n) is 1.08. The predicted molar refractivity (Wildman–Crippen MR) is 61.7 cm³/mol. The van der Waals surface area contributed by atoms with E-state index in [1.165, 1.54) is 0 Å². The lowest BCUT2D eigenvalue weighted by Gasteiger charge is -2.07. The van der Waals surface area contributed by atoms with E-state index in [4.69, 9.17) is 0 Å². The maximum atomic E-state index is 10.3. The van der Waals surface area contributed by atoms with Crippen molar-refractivity contribution < 1.29 is 19.1 Å². The Hall–Kier alpha value is -1.62. The molecule has 0 aromatic heterocycles. The molecule has 0 rings (SSSR count). The Bertz CT molecular complexity index is 236. The van der Waals surface area contributed by atoms with Gasteiger partial charge in [-0.15, -0.1) is 0 Å². The lowest BCUT2D eigenvalue weighted by atomic mass is 10.6. The zero-order valence-corrected chi connectivity index (χ0v) is 10.1. The van der Waals surface area contributed by atoms with Gasteiger partial charge in [-0.05, 0) is 21.0 Å². The lowest BCUT2D eigenvalue weighted by molar-refractivity contribution is -0.141. The maximum Gasteiger partial charge on any atom is 0.331 e. The van der Waals surface area contributed by atoms with Crippen molar-refractivity contribution in [3.05, 3.63) is 25.3 Å². The molecule has 0 heterocycles. The van der Waals surface area contributed by atoms with Gasteiger partial charge in [0, 0.05) is 12.2 Å². The standard InChI is InChI=1S/C6H11NO2.C5H8O2/c1-4-6(8)9-5-7(2)3;1-3-5(6)7-4-2/h4H,1,5H2,2-3H3;3H,1,4H2,2H3. The van der Waals surface area contributed by atoms with E-state index in [1.807, 2.05) is 14.1 Å². The van der Waals surface area contributed by atoms with Crippen molar-refractivity contribution in [1.82, 2.24) is 4.90 Å². The molecule has 92 valence electrons. The van der Waals surface area contributed by atoms with Gasteiger partial charge in [-0.2, -0.15) is 0 Å². The molecule has 0 aliphatic carbocycles. The Morgan fingerprint density at radius 2 is 1.56 bits per heavy atom. The summed E-state index contributed by atoms with van der Waals surface area (Å²) in [7, 11) is 3.63. The molecule has 0 radical (unpaired) electrons. The molecule has 5 nitrogen and oxygen atoms in total. The molecule has 0 atom stereocenters. The number of rotatable bonds is 5. The Morgan fingerprint density at radius 3 is 1.81 bits per heavy atom. The van der Waals surface area contributed by atoms with Crippen molar-refractivity contribution in [2.24, 2.45) is 0 Å². The molecular weight excluding hydrogens is 210 g/mol. The monoisotopic (exact) mass is 229 g/mol.